The number of benzene rings is 1. The number of amides is 1. The highest BCUT2D eigenvalue weighted by Gasteiger charge is 2.15. The average Bonchev–Trinajstić information content (AvgIpc) is 2.89. The number of aryl methyl sites for hydroxylation is 1. The van der Waals surface area contributed by atoms with Crippen molar-refractivity contribution in [2.75, 3.05) is 6.54 Å². The standard InChI is InChI=1S/C15H20N4O.2ClH/c1-3-19(11-13-9-17-18(2)10-13)15(20)14-6-4-12(8-16)5-7-14;;/h4-7,9-10H,3,8,11,16H2,1-2H3;2*1H. The van der Waals surface area contributed by atoms with Crippen LogP contribution in [0, 0.1) is 0 Å². The molecule has 0 aliphatic rings. The van der Waals surface area contributed by atoms with E-state index in [1.165, 1.54) is 0 Å². The minimum atomic E-state index is 0. The van der Waals surface area contributed by atoms with E-state index >= 15 is 0 Å². The molecule has 0 unspecified atom stereocenters. The van der Waals surface area contributed by atoms with E-state index in [0.717, 1.165) is 11.1 Å². The van der Waals surface area contributed by atoms with Gasteiger partial charge in [-0.05, 0) is 24.6 Å². The summed E-state index contributed by atoms with van der Waals surface area (Å²) in [6.07, 6.45) is 3.71. The van der Waals surface area contributed by atoms with Gasteiger partial charge in [0.25, 0.3) is 5.91 Å². The molecule has 2 aromatic rings. The van der Waals surface area contributed by atoms with Gasteiger partial charge in [-0.2, -0.15) is 5.10 Å². The second kappa shape index (κ2) is 9.46. The molecule has 122 valence electrons. The summed E-state index contributed by atoms with van der Waals surface area (Å²) < 4.78 is 1.74. The highest BCUT2D eigenvalue weighted by atomic mass is 35.5. The topological polar surface area (TPSA) is 64.2 Å². The Morgan fingerprint density at radius 2 is 1.86 bits per heavy atom. The van der Waals surface area contributed by atoms with E-state index in [4.69, 9.17) is 5.73 Å². The summed E-state index contributed by atoms with van der Waals surface area (Å²) in [6.45, 7) is 3.69. The van der Waals surface area contributed by atoms with E-state index in [0.29, 0.717) is 25.2 Å². The lowest BCUT2D eigenvalue weighted by atomic mass is 10.1. The highest BCUT2D eigenvalue weighted by molar-refractivity contribution is 5.94. The average molecular weight is 345 g/mol. The van der Waals surface area contributed by atoms with E-state index < -0.39 is 0 Å². The summed E-state index contributed by atoms with van der Waals surface area (Å²) in [4.78, 5) is 14.3. The van der Waals surface area contributed by atoms with E-state index in [-0.39, 0.29) is 30.7 Å². The number of carbonyl (C=O) groups is 1. The first kappa shape index (κ1) is 20.4. The number of carbonyl (C=O) groups excluding carboxylic acids is 1. The molecule has 0 atom stereocenters. The third-order valence-corrected chi connectivity index (χ3v) is 3.24. The monoisotopic (exact) mass is 344 g/mol. The van der Waals surface area contributed by atoms with Crippen molar-refractivity contribution >= 4 is 30.7 Å². The molecule has 0 saturated heterocycles. The van der Waals surface area contributed by atoms with Gasteiger partial charge in [-0.15, -0.1) is 24.8 Å². The first-order valence-corrected chi connectivity index (χ1v) is 6.69. The smallest absolute Gasteiger partial charge is 0.254 e. The minimum absolute atomic E-state index is 0. The third kappa shape index (κ3) is 5.02. The van der Waals surface area contributed by atoms with Gasteiger partial charge in [-0.1, -0.05) is 12.1 Å². The van der Waals surface area contributed by atoms with Crippen molar-refractivity contribution in [1.82, 2.24) is 14.7 Å². The van der Waals surface area contributed by atoms with Crippen LogP contribution in [0.3, 0.4) is 0 Å². The Hall–Kier alpha value is -1.56. The van der Waals surface area contributed by atoms with E-state index in [1.54, 1.807) is 15.8 Å². The number of rotatable bonds is 5. The van der Waals surface area contributed by atoms with Gasteiger partial charge < -0.3 is 10.6 Å². The van der Waals surface area contributed by atoms with Gasteiger partial charge in [-0.25, -0.2) is 0 Å². The highest BCUT2D eigenvalue weighted by Crippen LogP contribution is 2.10. The number of hydrogen-bond acceptors (Lipinski definition) is 3. The van der Waals surface area contributed by atoms with Crippen molar-refractivity contribution < 1.29 is 4.79 Å². The van der Waals surface area contributed by atoms with Gasteiger partial charge in [0.15, 0.2) is 0 Å². The molecule has 0 fully saturated rings. The molecule has 0 saturated carbocycles. The van der Waals surface area contributed by atoms with Crippen molar-refractivity contribution in [3.05, 3.63) is 53.3 Å². The molecule has 1 aromatic heterocycles. The Balaban J connectivity index is 0.00000220. The summed E-state index contributed by atoms with van der Waals surface area (Å²) in [7, 11) is 1.87. The van der Waals surface area contributed by atoms with Crippen molar-refractivity contribution in [3.63, 3.8) is 0 Å². The number of nitrogens with zero attached hydrogens (tertiary/aromatic N) is 3. The zero-order valence-electron chi connectivity index (χ0n) is 12.7. The maximum absolute atomic E-state index is 12.5. The fourth-order valence-corrected chi connectivity index (χ4v) is 2.07. The minimum Gasteiger partial charge on any atom is -0.334 e. The Morgan fingerprint density at radius 3 is 2.32 bits per heavy atom. The fraction of sp³-hybridized carbons (Fsp3) is 0.333. The molecule has 2 N–H and O–H groups in total. The van der Waals surface area contributed by atoms with Crippen LogP contribution in [0.15, 0.2) is 36.7 Å². The van der Waals surface area contributed by atoms with Crippen molar-refractivity contribution in [2.45, 2.75) is 20.0 Å². The Bertz CT molecular complexity index is 583. The Labute approximate surface area is 143 Å². The summed E-state index contributed by atoms with van der Waals surface area (Å²) in [5, 5.41) is 4.12. The molecule has 0 aliphatic carbocycles. The van der Waals surface area contributed by atoms with Gasteiger partial charge in [0.05, 0.1) is 6.20 Å². The number of nitrogens with two attached hydrogens (primary N) is 1. The van der Waals surface area contributed by atoms with Gasteiger partial charge in [-0.3, -0.25) is 9.48 Å². The zero-order chi connectivity index (χ0) is 14.5. The number of hydrogen-bond donors (Lipinski definition) is 1. The van der Waals surface area contributed by atoms with Crippen LogP contribution in [0.2, 0.25) is 0 Å². The lowest BCUT2D eigenvalue weighted by Gasteiger charge is -2.20. The molecule has 1 amide bonds. The lowest BCUT2D eigenvalue weighted by Crippen LogP contribution is -2.30. The molecule has 0 spiro atoms. The predicted octanol–water partition coefficient (Wildman–Crippen LogP) is 2.38. The molecular formula is C15H22Cl2N4O. The zero-order valence-corrected chi connectivity index (χ0v) is 14.4. The largest absolute Gasteiger partial charge is 0.334 e. The van der Waals surface area contributed by atoms with E-state index in [1.807, 2.05) is 44.4 Å². The first-order chi connectivity index (χ1) is 9.63. The maximum Gasteiger partial charge on any atom is 0.254 e. The van der Waals surface area contributed by atoms with E-state index in [9.17, 15) is 4.79 Å². The molecular weight excluding hydrogens is 323 g/mol. The summed E-state index contributed by atoms with van der Waals surface area (Å²) in [5.41, 5.74) is 8.30. The van der Waals surface area contributed by atoms with Crippen molar-refractivity contribution in [1.29, 1.82) is 0 Å². The Kier molecular flexibility index (Phi) is 8.79. The molecule has 0 bridgehead atoms. The van der Waals surface area contributed by atoms with Crippen LogP contribution in [0.1, 0.15) is 28.4 Å². The van der Waals surface area contributed by atoms with Crippen LogP contribution in [-0.2, 0) is 20.1 Å². The quantitative estimate of drug-likeness (QED) is 0.905. The molecule has 1 aromatic carbocycles. The van der Waals surface area contributed by atoms with Crippen LogP contribution in [0.4, 0.5) is 0 Å². The summed E-state index contributed by atoms with van der Waals surface area (Å²) in [5.74, 6) is 0.0277. The first-order valence-electron chi connectivity index (χ1n) is 6.69. The summed E-state index contributed by atoms with van der Waals surface area (Å²) in [6, 6.07) is 7.45. The third-order valence-electron chi connectivity index (χ3n) is 3.24. The van der Waals surface area contributed by atoms with Crippen LogP contribution in [0.5, 0.6) is 0 Å². The Morgan fingerprint density at radius 1 is 1.23 bits per heavy atom. The SMILES string of the molecule is CCN(Cc1cnn(C)c1)C(=O)c1ccc(CN)cc1.Cl.Cl. The maximum atomic E-state index is 12.5. The van der Waals surface area contributed by atoms with Gasteiger partial charge in [0.1, 0.15) is 0 Å². The number of aromatic nitrogens is 2. The van der Waals surface area contributed by atoms with Gasteiger partial charge in [0.2, 0.25) is 0 Å². The molecule has 5 nitrogen and oxygen atoms in total. The molecule has 1 heterocycles. The van der Waals surface area contributed by atoms with Crippen LogP contribution in [-0.4, -0.2) is 27.1 Å². The van der Waals surface area contributed by atoms with Crippen LogP contribution in [0.25, 0.3) is 0 Å². The van der Waals surface area contributed by atoms with Crippen molar-refractivity contribution in [2.24, 2.45) is 12.8 Å². The molecule has 0 aliphatic heterocycles. The normalized spacial score (nSPS) is 9.59. The van der Waals surface area contributed by atoms with E-state index in [2.05, 4.69) is 5.10 Å². The molecule has 2 rings (SSSR count). The van der Waals surface area contributed by atoms with Gasteiger partial charge >= 0.3 is 0 Å². The lowest BCUT2D eigenvalue weighted by molar-refractivity contribution is 0.0752. The second-order valence-corrected chi connectivity index (χ2v) is 4.74. The number of halogens is 2. The second-order valence-electron chi connectivity index (χ2n) is 4.74. The van der Waals surface area contributed by atoms with Crippen LogP contribution < -0.4 is 5.73 Å². The van der Waals surface area contributed by atoms with Crippen molar-refractivity contribution in [3.8, 4) is 0 Å². The molecule has 0 radical (unpaired) electrons. The van der Waals surface area contributed by atoms with Gasteiger partial charge in [0, 0.05) is 44.0 Å². The molecule has 7 heteroatoms. The molecule has 22 heavy (non-hydrogen) atoms. The fourth-order valence-electron chi connectivity index (χ4n) is 2.07. The van der Waals surface area contributed by atoms with Crippen LogP contribution >= 0.6 is 24.8 Å². The predicted molar refractivity (Wildman–Crippen MR) is 92.5 cm³/mol. The summed E-state index contributed by atoms with van der Waals surface area (Å²) >= 11 is 0.